The zero-order valence-electron chi connectivity index (χ0n) is 10.2. The first-order chi connectivity index (χ1) is 9.11. The molecule has 1 aromatic carbocycles. The Balaban J connectivity index is 2.05. The zero-order valence-corrected chi connectivity index (χ0v) is 11.0. The lowest BCUT2D eigenvalue weighted by Gasteiger charge is -2.34. The molecule has 0 spiro atoms. The van der Waals surface area contributed by atoms with E-state index < -0.39 is 11.6 Å². The number of carbonyl (C=O) groups is 1. The van der Waals surface area contributed by atoms with Crippen molar-refractivity contribution in [2.75, 3.05) is 25.6 Å². The van der Waals surface area contributed by atoms with Crippen molar-refractivity contribution in [3.8, 4) is 0 Å². The summed E-state index contributed by atoms with van der Waals surface area (Å²) >= 11 is 5.78. The fraction of sp³-hybridized carbons (Fsp3) is 0.462. The van der Waals surface area contributed by atoms with E-state index in [-0.39, 0.29) is 18.4 Å². The predicted molar refractivity (Wildman–Crippen MR) is 67.1 cm³/mol. The standard InChI is InChI=1S/C13H14ClF2NO2/c14-7-10-8-19-4-3-17(10)13(18)6-9-1-2-11(15)12(16)5-9/h1-2,5,10H,3-4,6-8H2. The van der Waals surface area contributed by atoms with Crippen molar-refractivity contribution >= 4 is 17.5 Å². The van der Waals surface area contributed by atoms with E-state index in [0.717, 1.165) is 12.1 Å². The van der Waals surface area contributed by atoms with Gasteiger partial charge in [-0.1, -0.05) is 6.07 Å². The molecule has 1 atom stereocenters. The van der Waals surface area contributed by atoms with Gasteiger partial charge in [0.15, 0.2) is 11.6 Å². The van der Waals surface area contributed by atoms with Crippen molar-refractivity contribution in [3.63, 3.8) is 0 Å². The molecule has 0 aromatic heterocycles. The van der Waals surface area contributed by atoms with E-state index in [0.29, 0.717) is 31.2 Å². The molecule has 19 heavy (non-hydrogen) atoms. The molecule has 3 nitrogen and oxygen atoms in total. The quantitative estimate of drug-likeness (QED) is 0.796. The fourth-order valence-corrected chi connectivity index (χ4v) is 2.29. The van der Waals surface area contributed by atoms with Gasteiger partial charge in [0.25, 0.3) is 0 Å². The van der Waals surface area contributed by atoms with Gasteiger partial charge < -0.3 is 9.64 Å². The van der Waals surface area contributed by atoms with E-state index in [9.17, 15) is 13.6 Å². The number of benzene rings is 1. The second-order valence-corrected chi connectivity index (χ2v) is 4.70. The summed E-state index contributed by atoms with van der Waals surface area (Å²) in [7, 11) is 0. The lowest BCUT2D eigenvalue weighted by atomic mass is 10.1. The molecule has 0 saturated carbocycles. The summed E-state index contributed by atoms with van der Waals surface area (Å²) in [5.74, 6) is -1.72. The third kappa shape index (κ3) is 3.42. The number of amides is 1. The summed E-state index contributed by atoms with van der Waals surface area (Å²) in [5.41, 5.74) is 0.448. The van der Waals surface area contributed by atoms with Crippen molar-refractivity contribution in [2.45, 2.75) is 12.5 Å². The highest BCUT2D eigenvalue weighted by Crippen LogP contribution is 2.14. The molecule has 6 heteroatoms. The van der Waals surface area contributed by atoms with Gasteiger partial charge in [0, 0.05) is 12.4 Å². The molecule has 0 radical (unpaired) electrons. The zero-order chi connectivity index (χ0) is 13.8. The monoisotopic (exact) mass is 289 g/mol. The van der Waals surface area contributed by atoms with Crippen LogP contribution in [-0.4, -0.2) is 42.5 Å². The number of nitrogens with zero attached hydrogens (tertiary/aromatic N) is 1. The van der Waals surface area contributed by atoms with Gasteiger partial charge in [-0.25, -0.2) is 8.78 Å². The molecule has 1 saturated heterocycles. The molecule has 1 aliphatic heterocycles. The Kier molecular flexibility index (Phi) is 4.71. The van der Waals surface area contributed by atoms with Crippen LogP contribution in [0, 0.1) is 11.6 Å². The maximum atomic E-state index is 13.1. The van der Waals surface area contributed by atoms with Gasteiger partial charge in [-0.2, -0.15) is 0 Å². The van der Waals surface area contributed by atoms with Crippen LogP contribution >= 0.6 is 11.6 Å². The summed E-state index contributed by atoms with van der Waals surface area (Å²) < 4.78 is 31.1. The predicted octanol–water partition coefficient (Wildman–Crippen LogP) is 1.97. The van der Waals surface area contributed by atoms with Gasteiger partial charge in [0.2, 0.25) is 5.91 Å². The second kappa shape index (κ2) is 6.30. The van der Waals surface area contributed by atoms with Crippen molar-refractivity contribution in [3.05, 3.63) is 35.4 Å². The SMILES string of the molecule is O=C(Cc1ccc(F)c(F)c1)N1CCOCC1CCl. The largest absolute Gasteiger partial charge is 0.377 e. The average molecular weight is 290 g/mol. The molecule has 1 aromatic rings. The van der Waals surface area contributed by atoms with Crippen molar-refractivity contribution in [1.29, 1.82) is 0 Å². The van der Waals surface area contributed by atoms with Crippen LogP contribution in [-0.2, 0) is 16.0 Å². The molecule has 1 heterocycles. The lowest BCUT2D eigenvalue weighted by Crippen LogP contribution is -2.50. The third-order valence-electron chi connectivity index (χ3n) is 3.07. The van der Waals surface area contributed by atoms with Gasteiger partial charge >= 0.3 is 0 Å². The molecule has 0 bridgehead atoms. The maximum absolute atomic E-state index is 13.1. The van der Waals surface area contributed by atoms with Crippen molar-refractivity contribution in [2.24, 2.45) is 0 Å². The number of morpholine rings is 1. The minimum Gasteiger partial charge on any atom is -0.377 e. The van der Waals surface area contributed by atoms with Crippen LogP contribution in [0.25, 0.3) is 0 Å². The van der Waals surface area contributed by atoms with Gasteiger partial charge in [0.1, 0.15) is 0 Å². The minimum absolute atomic E-state index is 0.0323. The van der Waals surface area contributed by atoms with Crippen molar-refractivity contribution in [1.82, 2.24) is 4.90 Å². The normalized spacial score (nSPS) is 19.5. The number of hydrogen-bond acceptors (Lipinski definition) is 2. The molecule has 104 valence electrons. The number of rotatable bonds is 3. The first-order valence-corrected chi connectivity index (χ1v) is 6.52. The van der Waals surface area contributed by atoms with Gasteiger partial charge in [-0.15, -0.1) is 11.6 Å². The van der Waals surface area contributed by atoms with Crippen LogP contribution < -0.4 is 0 Å². The van der Waals surface area contributed by atoms with Crippen molar-refractivity contribution < 1.29 is 18.3 Å². The fourth-order valence-electron chi connectivity index (χ4n) is 2.04. The van der Waals surface area contributed by atoms with E-state index in [4.69, 9.17) is 16.3 Å². The Bertz CT molecular complexity index is 470. The topological polar surface area (TPSA) is 29.5 Å². The van der Waals surface area contributed by atoms with Crippen LogP contribution in [0.1, 0.15) is 5.56 Å². The van der Waals surface area contributed by atoms with Gasteiger partial charge in [-0.05, 0) is 17.7 Å². The highest BCUT2D eigenvalue weighted by Gasteiger charge is 2.26. The summed E-state index contributed by atoms with van der Waals surface area (Å²) in [5, 5.41) is 0. The molecule has 1 amide bonds. The Morgan fingerprint density at radius 1 is 1.42 bits per heavy atom. The molecule has 1 unspecified atom stereocenters. The van der Waals surface area contributed by atoms with E-state index in [1.165, 1.54) is 6.07 Å². The van der Waals surface area contributed by atoms with E-state index in [1.54, 1.807) is 4.90 Å². The van der Waals surface area contributed by atoms with Crippen LogP contribution in [0.5, 0.6) is 0 Å². The minimum atomic E-state index is -0.943. The first kappa shape index (κ1) is 14.2. The number of carbonyl (C=O) groups excluding carboxylic acids is 1. The summed E-state index contributed by atoms with van der Waals surface area (Å²) in [6.07, 6.45) is 0.0323. The molecular weight excluding hydrogens is 276 g/mol. The molecule has 0 N–H and O–H groups in total. The molecular formula is C13H14ClF2NO2. The molecule has 1 aliphatic rings. The van der Waals surface area contributed by atoms with Crippen LogP contribution in [0.3, 0.4) is 0 Å². The highest BCUT2D eigenvalue weighted by atomic mass is 35.5. The van der Waals surface area contributed by atoms with Crippen LogP contribution in [0.2, 0.25) is 0 Å². The van der Waals surface area contributed by atoms with E-state index in [1.807, 2.05) is 0 Å². The molecule has 2 rings (SSSR count). The Hall–Kier alpha value is -1.20. The van der Waals surface area contributed by atoms with Crippen LogP contribution in [0.4, 0.5) is 8.78 Å². The summed E-state index contributed by atoms with van der Waals surface area (Å²) in [4.78, 5) is 13.8. The highest BCUT2D eigenvalue weighted by molar-refractivity contribution is 6.18. The maximum Gasteiger partial charge on any atom is 0.227 e. The smallest absolute Gasteiger partial charge is 0.227 e. The van der Waals surface area contributed by atoms with Gasteiger partial charge in [-0.3, -0.25) is 4.79 Å². The average Bonchev–Trinajstić information content (AvgIpc) is 2.43. The Labute approximate surface area is 115 Å². The van der Waals surface area contributed by atoms with E-state index in [2.05, 4.69) is 0 Å². The number of hydrogen-bond donors (Lipinski definition) is 0. The molecule has 1 fully saturated rings. The second-order valence-electron chi connectivity index (χ2n) is 4.40. The first-order valence-electron chi connectivity index (χ1n) is 5.99. The Morgan fingerprint density at radius 2 is 2.21 bits per heavy atom. The summed E-state index contributed by atoms with van der Waals surface area (Å²) in [6.45, 7) is 1.35. The van der Waals surface area contributed by atoms with Gasteiger partial charge in [0.05, 0.1) is 25.7 Å². The summed E-state index contributed by atoms with van der Waals surface area (Å²) in [6, 6.07) is 3.32. The molecule has 0 aliphatic carbocycles. The third-order valence-corrected chi connectivity index (χ3v) is 3.42. The number of halogens is 3. The Morgan fingerprint density at radius 3 is 2.89 bits per heavy atom. The number of alkyl halides is 1. The van der Waals surface area contributed by atoms with E-state index >= 15 is 0 Å². The van der Waals surface area contributed by atoms with Crippen LogP contribution in [0.15, 0.2) is 18.2 Å². The lowest BCUT2D eigenvalue weighted by molar-refractivity contribution is -0.138. The number of ether oxygens (including phenoxy) is 1.